The molecule has 0 spiro atoms. The number of aromatic nitrogens is 1. The summed E-state index contributed by atoms with van der Waals surface area (Å²) in [5.74, 6) is 0. The molecule has 8 heteroatoms. The van der Waals surface area contributed by atoms with Crippen molar-refractivity contribution in [2.45, 2.75) is 13.3 Å². The molecule has 4 nitrogen and oxygen atoms in total. The number of anilines is 1. The average Bonchev–Trinajstić information content (AvgIpc) is 2.96. The normalized spacial score (nSPS) is 10.8. The third kappa shape index (κ3) is 4.25. The molecule has 0 radical (unpaired) electrons. The van der Waals surface area contributed by atoms with Gasteiger partial charge >= 0.3 is 6.09 Å². The second-order valence-electron chi connectivity index (χ2n) is 5.27. The molecular weight excluding hydrogens is 426 g/mol. The van der Waals surface area contributed by atoms with Crippen molar-refractivity contribution in [3.63, 3.8) is 0 Å². The highest BCUT2D eigenvalue weighted by Crippen LogP contribution is 2.35. The molecule has 2 aromatic carbocycles. The van der Waals surface area contributed by atoms with E-state index in [-0.39, 0.29) is 5.06 Å². The Morgan fingerprint density at radius 2 is 1.88 bits per heavy atom. The van der Waals surface area contributed by atoms with Crippen molar-refractivity contribution < 1.29 is 18.3 Å². The lowest BCUT2D eigenvalue weighted by molar-refractivity contribution is 0.142. The number of amides is 1. The van der Waals surface area contributed by atoms with Gasteiger partial charge < -0.3 is 4.74 Å². The summed E-state index contributed by atoms with van der Waals surface area (Å²) in [7, 11) is 0. The van der Waals surface area contributed by atoms with Crippen molar-refractivity contribution in [2.75, 3.05) is 5.32 Å². The van der Waals surface area contributed by atoms with E-state index in [1.807, 2.05) is 36.4 Å². The highest BCUT2D eigenvalue weighted by molar-refractivity contribution is 9.10. The van der Waals surface area contributed by atoms with E-state index >= 15 is 0 Å². The van der Waals surface area contributed by atoms with Crippen LogP contribution in [0.1, 0.15) is 17.1 Å². The Bertz CT molecular complexity index is 929. The molecule has 0 aliphatic heterocycles. The zero-order chi connectivity index (χ0) is 18.7. The minimum atomic E-state index is -2.81. The number of aryl methyl sites for hydroxylation is 1. The number of carbonyl (C=O) groups is 1. The Morgan fingerprint density at radius 1 is 1.19 bits per heavy atom. The van der Waals surface area contributed by atoms with Crippen LogP contribution in [0.25, 0.3) is 11.1 Å². The van der Waals surface area contributed by atoms with Gasteiger partial charge in [0.15, 0.2) is 5.69 Å². The van der Waals surface area contributed by atoms with E-state index in [1.54, 1.807) is 19.1 Å². The van der Waals surface area contributed by atoms with Crippen molar-refractivity contribution in [3.8, 4) is 16.2 Å². The number of benzene rings is 2. The number of carbonyl (C=O) groups excluding carboxylic acids is 1. The van der Waals surface area contributed by atoms with Crippen molar-refractivity contribution in [2.24, 2.45) is 0 Å². The van der Waals surface area contributed by atoms with Crippen LogP contribution in [0.5, 0.6) is 5.06 Å². The fourth-order valence-electron chi connectivity index (χ4n) is 2.33. The lowest BCUT2D eigenvalue weighted by Crippen LogP contribution is -2.17. The predicted octanol–water partition coefficient (Wildman–Crippen LogP) is 6.43. The minimum Gasteiger partial charge on any atom is -0.397 e. The Labute approximate surface area is 161 Å². The van der Waals surface area contributed by atoms with Crippen molar-refractivity contribution >= 4 is 39.0 Å². The van der Waals surface area contributed by atoms with Crippen LogP contribution in [0.2, 0.25) is 0 Å². The highest BCUT2D eigenvalue weighted by atomic mass is 79.9. The number of alkyl halides is 2. The third-order valence-corrected chi connectivity index (χ3v) is 4.83. The van der Waals surface area contributed by atoms with Crippen LogP contribution in [-0.2, 0) is 0 Å². The van der Waals surface area contributed by atoms with Crippen molar-refractivity contribution in [3.05, 3.63) is 63.7 Å². The SMILES string of the molecule is Cc1nc(C(F)F)c(OC(=O)Nc2ccccc2-c2ccc(Br)cc2)s1. The van der Waals surface area contributed by atoms with E-state index in [0.29, 0.717) is 10.7 Å². The number of hydrogen-bond acceptors (Lipinski definition) is 4. The maximum absolute atomic E-state index is 13.0. The van der Waals surface area contributed by atoms with E-state index in [9.17, 15) is 13.6 Å². The van der Waals surface area contributed by atoms with E-state index in [4.69, 9.17) is 4.74 Å². The molecule has 1 heterocycles. The Hall–Kier alpha value is -2.32. The first-order chi connectivity index (χ1) is 12.4. The molecule has 0 aliphatic carbocycles. The summed E-state index contributed by atoms with van der Waals surface area (Å²) < 4.78 is 31.9. The van der Waals surface area contributed by atoms with Crippen LogP contribution < -0.4 is 10.1 Å². The summed E-state index contributed by atoms with van der Waals surface area (Å²) in [6.07, 6.45) is -3.65. The first kappa shape index (κ1) is 18.5. The maximum Gasteiger partial charge on any atom is 0.417 e. The molecule has 0 saturated carbocycles. The molecule has 1 N–H and O–H groups in total. The fourth-order valence-corrected chi connectivity index (χ4v) is 3.36. The Morgan fingerprint density at radius 3 is 2.58 bits per heavy atom. The molecule has 1 amide bonds. The Balaban J connectivity index is 1.81. The zero-order valence-electron chi connectivity index (χ0n) is 13.5. The van der Waals surface area contributed by atoms with Crippen LogP contribution in [0.3, 0.4) is 0 Å². The molecule has 0 fully saturated rings. The van der Waals surface area contributed by atoms with E-state index in [2.05, 4.69) is 26.2 Å². The first-order valence-corrected chi connectivity index (χ1v) is 9.14. The molecule has 26 heavy (non-hydrogen) atoms. The summed E-state index contributed by atoms with van der Waals surface area (Å²) in [6, 6.07) is 14.7. The minimum absolute atomic E-state index is 0.198. The van der Waals surface area contributed by atoms with Crippen molar-refractivity contribution in [1.29, 1.82) is 0 Å². The number of halogens is 3. The molecule has 0 saturated heterocycles. The standard InChI is InChI=1S/C18H13BrF2N2O2S/c1-10-22-15(16(20)21)17(26-10)25-18(24)23-14-5-3-2-4-13(14)11-6-8-12(19)9-7-11/h2-9,16H,1H3,(H,23,24). The fraction of sp³-hybridized carbons (Fsp3) is 0.111. The smallest absolute Gasteiger partial charge is 0.397 e. The second kappa shape index (κ2) is 7.92. The largest absolute Gasteiger partial charge is 0.417 e. The molecular formula is C18H13BrF2N2O2S. The molecule has 134 valence electrons. The van der Waals surface area contributed by atoms with Gasteiger partial charge in [0.25, 0.3) is 6.43 Å². The summed E-state index contributed by atoms with van der Waals surface area (Å²) in [6.45, 7) is 1.57. The third-order valence-electron chi connectivity index (χ3n) is 3.44. The van der Waals surface area contributed by atoms with Crippen molar-refractivity contribution in [1.82, 2.24) is 4.98 Å². The summed E-state index contributed by atoms with van der Waals surface area (Å²) >= 11 is 4.28. The molecule has 0 unspecified atom stereocenters. The van der Waals surface area contributed by atoms with Gasteiger partial charge in [0.1, 0.15) is 0 Å². The Kier molecular flexibility index (Phi) is 5.63. The van der Waals surface area contributed by atoms with Crippen LogP contribution in [0, 0.1) is 6.92 Å². The molecule has 3 aromatic rings. The summed E-state index contributed by atoms with van der Waals surface area (Å²) in [4.78, 5) is 15.9. The predicted molar refractivity (Wildman–Crippen MR) is 101 cm³/mol. The van der Waals surface area contributed by atoms with E-state index in [1.165, 1.54) is 0 Å². The number of ether oxygens (including phenoxy) is 1. The second-order valence-corrected chi connectivity index (χ2v) is 7.35. The van der Waals surface area contributed by atoms with Gasteiger partial charge in [-0.25, -0.2) is 18.6 Å². The molecule has 3 rings (SSSR count). The van der Waals surface area contributed by atoms with Crippen LogP contribution in [-0.4, -0.2) is 11.1 Å². The zero-order valence-corrected chi connectivity index (χ0v) is 15.9. The lowest BCUT2D eigenvalue weighted by atomic mass is 10.0. The van der Waals surface area contributed by atoms with Gasteiger partial charge in [0.05, 0.1) is 10.7 Å². The number of para-hydroxylation sites is 1. The quantitative estimate of drug-likeness (QED) is 0.510. The van der Waals surface area contributed by atoms with Gasteiger partial charge in [-0.15, -0.1) is 0 Å². The first-order valence-electron chi connectivity index (χ1n) is 7.53. The number of nitrogens with one attached hydrogen (secondary N) is 1. The van der Waals surface area contributed by atoms with Gasteiger partial charge in [-0.1, -0.05) is 57.6 Å². The summed E-state index contributed by atoms with van der Waals surface area (Å²) in [5.41, 5.74) is 1.67. The van der Waals surface area contributed by atoms with E-state index in [0.717, 1.165) is 26.9 Å². The van der Waals surface area contributed by atoms with Crippen LogP contribution in [0.4, 0.5) is 19.3 Å². The topological polar surface area (TPSA) is 51.2 Å². The molecule has 0 bridgehead atoms. The maximum atomic E-state index is 13.0. The monoisotopic (exact) mass is 438 g/mol. The lowest BCUT2D eigenvalue weighted by Gasteiger charge is -2.11. The number of nitrogens with zero attached hydrogens (tertiary/aromatic N) is 1. The van der Waals surface area contributed by atoms with E-state index < -0.39 is 18.2 Å². The van der Waals surface area contributed by atoms with Gasteiger partial charge in [-0.3, -0.25) is 5.32 Å². The van der Waals surface area contributed by atoms with Gasteiger partial charge in [-0.05, 0) is 30.7 Å². The van der Waals surface area contributed by atoms with Crippen LogP contribution in [0.15, 0.2) is 53.0 Å². The number of hydrogen-bond donors (Lipinski definition) is 1. The number of rotatable bonds is 4. The number of thiazole rings is 1. The highest BCUT2D eigenvalue weighted by Gasteiger charge is 2.22. The van der Waals surface area contributed by atoms with Crippen LogP contribution >= 0.6 is 27.3 Å². The average molecular weight is 439 g/mol. The van der Waals surface area contributed by atoms with Gasteiger partial charge in [0, 0.05) is 10.0 Å². The molecule has 0 aliphatic rings. The summed E-state index contributed by atoms with van der Waals surface area (Å²) in [5, 5.41) is 2.81. The van der Waals surface area contributed by atoms with Gasteiger partial charge in [0.2, 0.25) is 5.06 Å². The molecule has 1 aromatic heterocycles. The molecule has 0 atom stereocenters. The van der Waals surface area contributed by atoms with Gasteiger partial charge in [-0.2, -0.15) is 0 Å².